The van der Waals surface area contributed by atoms with Gasteiger partial charge in [0.05, 0.1) is 0 Å². The predicted molar refractivity (Wildman–Crippen MR) is 44.1 cm³/mol. The van der Waals surface area contributed by atoms with Gasteiger partial charge in [-0.2, -0.15) is 0 Å². The minimum Gasteiger partial charge on any atom is -0.262 e. The van der Waals surface area contributed by atoms with Gasteiger partial charge in [-0.15, -0.1) is 0 Å². The van der Waals surface area contributed by atoms with Crippen LogP contribution in [-0.2, 0) is 17.1 Å². The van der Waals surface area contributed by atoms with Gasteiger partial charge in [0.2, 0.25) is 0 Å². The van der Waals surface area contributed by atoms with E-state index >= 15 is 0 Å². The van der Waals surface area contributed by atoms with Crippen molar-refractivity contribution in [3.63, 3.8) is 0 Å². The maximum absolute atomic E-state index is 3.72. The molecule has 4 nitrogen and oxygen atoms in total. The van der Waals surface area contributed by atoms with Gasteiger partial charge < -0.3 is 0 Å². The zero-order valence-electron chi connectivity index (χ0n) is 6.76. The maximum atomic E-state index is 3.72. The van der Waals surface area contributed by atoms with Crippen LogP contribution in [0.25, 0.3) is 0 Å². The SMILES string of the molecule is [Fe].c1cnccn1.c1cnccn1. The Hall–Kier alpha value is -1.32. The summed E-state index contributed by atoms with van der Waals surface area (Å²) in [6.45, 7) is 0. The fourth-order valence-corrected chi connectivity index (χ4v) is 0.507. The summed E-state index contributed by atoms with van der Waals surface area (Å²) in [7, 11) is 0. The summed E-state index contributed by atoms with van der Waals surface area (Å²) in [5.41, 5.74) is 0. The molecule has 0 N–H and O–H groups in total. The van der Waals surface area contributed by atoms with Gasteiger partial charge in [-0.1, -0.05) is 0 Å². The molecule has 0 radical (unpaired) electrons. The number of aromatic nitrogens is 4. The Morgan fingerprint density at radius 1 is 0.385 bits per heavy atom. The smallest absolute Gasteiger partial charge is 0.0451 e. The molecule has 0 aliphatic heterocycles. The average molecular weight is 216 g/mol. The van der Waals surface area contributed by atoms with Crippen LogP contribution in [-0.4, -0.2) is 19.9 Å². The summed E-state index contributed by atoms with van der Waals surface area (Å²) in [4.78, 5) is 14.9. The second-order valence-corrected chi connectivity index (χ2v) is 1.79. The number of nitrogens with zero attached hydrogens (tertiary/aromatic N) is 4. The van der Waals surface area contributed by atoms with E-state index in [1.165, 1.54) is 0 Å². The van der Waals surface area contributed by atoms with E-state index in [1.54, 1.807) is 49.6 Å². The molecule has 0 saturated heterocycles. The maximum Gasteiger partial charge on any atom is 0.0451 e. The Kier molecular flexibility index (Phi) is 7.88. The van der Waals surface area contributed by atoms with Gasteiger partial charge >= 0.3 is 0 Å². The van der Waals surface area contributed by atoms with Crippen molar-refractivity contribution >= 4 is 0 Å². The summed E-state index contributed by atoms with van der Waals surface area (Å²) in [6, 6.07) is 0. The molecule has 13 heavy (non-hydrogen) atoms. The van der Waals surface area contributed by atoms with Crippen LogP contribution >= 0.6 is 0 Å². The molecule has 0 aliphatic carbocycles. The zero-order valence-corrected chi connectivity index (χ0v) is 7.87. The zero-order chi connectivity index (χ0) is 8.49. The van der Waals surface area contributed by atoms with Gasteiger partial charge in [0.1, 0.15) is 0 Å². The van der Waals surface area contributed by atoms with Crippen LogP contribution < -0.4 is 0 Å². The molecule has 0 spiro atoms. The van der Waals surface area contributed by atoms with Gasteiger partial charge in [0.15, 0.2) is 0 Å². The first kappa shape index (κ1) is 11.7. The fraction of sp³-hybridized carbons (Fsp3) is 0. The second kappa shape index (κ2) is 8.77. The minimum absolute atomic E-state index is 0. The molecular weight excluding hydrogens is 208 g/mol. The van der Waals surface area contributed by atoms with Crippen molar-refractivity contribution in [1.29, 1.82) is 0 Å². The predicted octanol–water partition coefficient (Wildman–Crippen LogP) is 0.951. The molecule has 2 aromatic heterocycles. The Morgan fingerprint density at radius 3 is 0.615 bits per heavy atom. The van der Waals surface area contributed by atoms with Gasteiger partial charge in [-0.25, -0.2) is 0 Å². The fourth-order valence-electron chi connectivity index (χ4n) is 0.507. The molecule has 0 aromatic carbocycles. The monoisotopic (exact) mass is 216 g/mol. The standard InChI is InChI=1S/2C4H4N2.Fe/c2*1-2-6-4-3-5-1;/h2*1-4H;. The molecule has 2 aromatic rings. The third-order valence-corrected chi connectivity index (χ3v) is 0.955. The molecule has 2 heterocycles. The summed E-state index contributed by atoms with van der Waals surface area (Å²) in [6.07, 6.45) is 13.1. The second-order valence-electron chi connectivity index (χ2n) is 1.79. The first-order chi connectivity index (χ1) is 6.00. The van der Waals surface area contributed by atoms with E-state index in [0.29, 0.717) is 0 Å². The van der Waals surface area contributed by atoms with Crippen molar-refractivity contribution in [3.8, 4) is 0 Å². The molecule has 0 fully saturated rings. The van der Waals surface area contributed by atoms with Crippen LogP contribution in [0.3, 0.4) is 0 Å². The molecular formula is C8H8FeN4. The van der Waals surface area contributed by atoms with Gasteiger partial charge in [0.25, 0.3) is 0 Å². The van der Waals surface area contributed by atoms with E-state index in [2.05, 4.69) is 19.9 Å². The molecule has 68 valence electrons. The summed E-state index contributed by atoms with van der Waals surface area (Å²) in [5, 5.41) is 0. The average Bonchev–Trinajstić information content (AvgIpc) is 2.24. The molecule has 0 amide bonds. The Labute approximate surface area is 87.0 Å². The Morgan fingerprint density at radius 2 is 0.538 bits per heavy atom. The number of hydrogen-bond donors (Lipinski definition) is 0. The van der Waals surface area contributed by atoms with Crippen LogP contribution in [0.5, 0.6) is 0 Å². The van der Waals surface area contributed by atoms with Crippen LogP contribution in [0.2, 0.25) is 0 Å². The van der Waals surface area contributed by atoms with Gasteiger partial charge in [-0.3, -0.25) is 19.9 Å². The molecule has 0 atom stereocenters. The topological polar surface area (TPSA) is 51.6 Å². The summed E-state index contributed by atoms with van der Waals surface area (Å²) >= 11 is 0. The summed E-state index contributed by atoms with van der Waals surface area (Å²) < 4.78 is 0. The first-order valence-corrected chi connectivity index (χ1v) is 3.40. The molecule has 0 saturated carbocycles. The van der Waals surface area contributed by atoms with Crippen molar-refractivity contribution in [2.24, 2.45) is 0 Å². The van der Waals surface area contributed by atoms with E-state index in [1.807, 2.05) is 0 Å². The van der Waals surface area contributed by atoms with E-state index < -0.39 is 0 Å². The van der Waals surface area contributed by atoms with E-state index in [0.717, 1.165) is 0 Å². The Balaban J connectivity index is 0.000000206. The number of hydrogen-bond acceptors (Lipinski definition) is 4. The largest absolute Gasteiger partial charge is 0.262 e. The third kappa shape index (κ3) is 7.05. The normalized spacial score (nSPS) is 7.38. The van der Waals surface area contributed by atoms with Gasteiger partial charge in [0, 0.05) is 66.6 Å². The van der Waals surface area contributed by atoms with Crippen LogP contribution in [0.4, 0.5) is 0 Å². The van der Waals surface area contributed by atoms with Crippen molar-refractivity contribution < 1.29 is 17.1 Å². The van der Waals surface area contributed by atoms with Crippen molar-refractivity contribution in [1.82, 2.24) is 19.9 Å². The van der Waals surface area contributed by atoms with E-state index in [-0.39, 0.29) is 17.1 Å². The van der Waals surface area contributed by atoms with Crippen LogP contribution in [0.1, 0.15) is 0 Å². The molecule has 2 rings (SSSR count). The van der Waals surface area contributed by atoms with Crippen molar-refractivity contribution in [3.05, 3.63) is 49.6 Å². The van der Waals surface area contributed by atoms with Crippen molar-refractivity contribution in [2.45, 2.75) is 0 Å². The first-order valence-electron chi connectivity index (χ1n) is 3.40. The molecule has 0 bridgehead atoms. The number of rotatable bonds is 0. The van der Waals surface area contributed by atoms with Gasteiger partial charge in [-0.05, 0) is 0 Å². The van der Waals surface area contributed by atoms with E-state index in [9.17, 15) is 0 Å². The van der Waals surface area contributed by atoms with Crippen molar-refractivity contribution in [2.75, 3.05) is 0 Å². The molecule has 0 unspecified atom stereocenters. The quantitative estimate of drug-likeness (QED) is 0.615. The van der Waals surface area contributed by atoms with Crippen LogP contribution in [0.15, 0.2) is 49.6 Å². The van der Waals surface area contributed by atoms with Crippen LogP contribution in [0, 0.1) is 0 Å². The summed E-state index contributed by atoms with van der Waals surface area (Å²) in [5.74, 6) is 0. The van der Waals surface area contributed by atoms with E-state index in [4.69, 9.17) is 0 Å². The Bertz CT molecular complexity index is 192. The molecule has 0 aliphatic rings. The molecule has 5 heteroatoms. The third-order valence-electron chi connectivity index (χ3n) is 0.955. The minimum atomic E-state index is 0.